The SMILES string of the molecule is O=C(CSc1nnc(-c2cccc3ccccc23)o1)N1CCc2ccccc2C1. The zero-order valence-electron chi connectivity index (χ0n) is 15.7. The van der Waals surface area contributed by atoms with Crippen LogP contribution in [0.2, 0.25) is 0 Å². The molecule has 6 heteroatoms. The summed E-state index contributed by atoms with van der Waals surface area (Å²) in [6.07, 6.45) is 0.901. The molecule has 0 unspecified atom stereocenters. The number of hydrogen-bond donors (Lipinski definition) is 0. The van der Waals surface area contributed by atoms with Gasteiger partial charge in [-0.1, -0.05) is 72.4 Å². The fourth-order valence-electron chi connectivity index (χ4n) is 3.71. The minimum absolute atomic E-state index is 0.0920. The van der Waals surface area contributed by atoms with Gasteiger partial charge < -0.3 is 9.32 Å². The maximum absolute atomic E-state index is 12.6. The number of hydrogen-bond acceptors (Lipinski definition) is 5. The van der Waals surface area contributed by atoms with Gasteiger partial charge in [-0.05, 0) is 34.4 Å². The zero-order chi connectivity index (χ0) is 19.6. The van der Waals surface area contributed by atoms with Crippen molar-refractivity contribution >= 4 is 28.4 Å². The Morgan fingerprint density at radius 1 is 0.966 bits per heavy atom. The first-order valence-corrected chi connectivity index (χ1v) is 10.6. The molecule has 5 rings (SSSR count). The van der Waals surface area contributed by atoms with Crippen LogP contribution in [0, 0.1) is 0 Å². The molecule has 0 atom stereocenters. The quantitative estimate of drug-likeness (QED) is 0.469. The molecular formula is C23H19N3O2S. The van der Waals surface area contributed by atoms with Gasteiger partial charge in [-0.3, -0.25) is 4.79 Å². The van der Waals surface area contributed by atoms with E-state index in [0.29, 0.717) is 23.4 Å². The number of nitrogens with zero attached hydrogens (tertiary/aromatic N) is 3. The highest BCUT2D eigenvalue weighted by molar-refractivity contribution is 7.99. The Hall–Kier alpha value is -3.12. The van der Waals surface area contributed by atoms with Gasteiger partial charge in [0.1, 0.15) is 0 Å². The number of thioether (sulfide) groups is 1. The monoisotopic (exact) mass is 401 g/mol. The highest BCUT2D eigenvalue weighted by Gasteiger charge is 2.21. The van der Waals surface area contributed by atoms with Crippen LogP contribution in [0.1, 0.15) is 11.1 Å². The number of carbonyl (C=O) groups excluding carboxylic acids is 1. The first-order chi connectivity index (χ1) is 14.3. The molecule has 0 radical (unpaired) electrons. The smallest absolute Gasteiger partial charge is 0.277 e. The third-order valence-electron chi connectivity index (χ3n) is 5.23. The van der Waals surface area contributed by atoms with Crippen molar-refractivity contribution in [1.29, 1.82) is 0 Å². The molecule has 0 saturated carbocycles. The molecule has 1 amide bonds. The van der Waals surface area contributed by atoms with Crippen LogP contribution in [0.3, 0.4) is 0 Å². The number of aromatic nitrogens is 2. The van der Waals surface area contributed by atoms with Crippen molar-refractivity contribution in [3.8, 4) is 11.5 Å². The van der Waals surface area contributed by atoms with E-state index in [1.54, 1.807) is 0 Å². The normalized spacial score (nSPS) is 13.4. The van der Waals surface area contributed by atoms with Crippen LogP contribution >= 0.6 is 11.8 Å². The van der Waals surface area contributed by atoms with Crippen LogP contribution in [0.15, 0.2) is 76.4 Å². The Labute approximate surface area is 172 Å². The van der Waals surface area contributed by atoms with Gasteiger partial charge in [0.15, 0.2) is 0 Å². The van der Waals surface area contributed by atoms with Crippen LogP contribution in [0.4, 0.5) is 0 Å². The molecule has 3 aromatic carbocycles. The summed E-state index contributed by atoms with van der Waals surface area (Å²) in [4.78, 5) is 14.5. The first-order valence-electron chi connectivity index (χ1n) is 9.57. The highest BCUT2D eigenvalue weighted by atomic mass is 32.2. The number of benzene rings is 3. The topological polar surface area (TPSA) is 59.2 Å². The van der Waals surface area contributed by atoms with Crippen LogP contribution in [0.25, 0.3) is 22.2 Å². The fourth-order valence-corrected chi connectivity index (χ4v) is 4.38. The lowest BCUT2D eigenvalue weighted by atomic mass is 10.00. The lowest BCUT2D eigenvalue weighted by Gasteiger charge is -2.28. The molecule has 29 heavy (non-hydrogen) atoms. The van der Waals surface area contributed by atoms with Crippen molar-refractivity contribution in [2.24, 2.45) is 0 Å². The van der Waals surface area contributed by atoms with Gasteiger partial charge in [-0.15, -0.1) is 10.2 Å². The maximum Gasteiger partial charge on any atom is 0.277 e. The number of amides is 1. The summed E-state index contributed by atoms with van der Waals surface area (Å²) in [7, 11) is 0. The maximum atomic E-state index is 12.6. The molecule has 0 spiro atoms. The van der Waals surface area contributed by atoms with E-state index >= 15 is 0 Å². The summed E-state index contributed by atoms with van der Waals surface area (Å²) in [5.41, 5.74) is 3.47. The Morgan fingerprint density at radius 3 is 2.69 bits per heavy atom. The average molecular weight is 401 g/mol. The van der Waals surface area contributed by atoms with Gasteiger partial charge in [-0.2, -0.15) is 0 Å². The van der Waals surface area contributed by atoms with E-state index < -0.39 is 0 Å². The van der Waals surface area contributed by atoms with E-state index in [1.165, 1.54) is 22.9 Å². The standard InChI is InChI=1S/C23H19N3O2S/c27-21(26-13-12-16-6-1-2-8-18(16)14-26)15-29-23-25-24-22(28-23)20-11-5-9-17-7-3-4-10-19(17)20/h1-11H,12-15H2. The minimum Gasteiger partial charge on any atom is -0.411 e. The molecule has 5 nitrogen and oxygen atoms in total. The average Bonchev–Trinajstić information content (AvgIpc) is 3.25. The van der Waals surface area contributed by atoms with Crippen molar-refractivity contribution in [3.05, 3.63) is 77.9 Å². The van der Waals surface area contributed by atoms with Gasteiger partial charge in [-0.25, -0.2) is 0 Å². The molecule has 0 saturated heterocycles. The van der Waals surface area contributed by atoms with E-state index in [1.807, 2.05) is 41.3 Å². The van der Waals surface area contributed by atoms with Crippen molar-refractivity contribution in [2.75, 3.05) is 12.3 Å². The molecule has 0 aliphatic carbocycles. The van der Waals surface area contributed by atoms with Gasteiger partial charge in [0.2, 0.25) is 11.8 Å². The lowest BCUT2D eigenvalue weighted by molar-refractivity contribution is -0.129. The molecule has 1 aliphatic heterocycles. The van der Waals surface area contributed by atoms with Gasteiger partial charge in [0.05, 0.1) is 5.75 Å². The van der Waals surface area contributed by atoms with Crippen molar-refractivity contribution in [1.82, 2.24) is 15.1 Å². The van der Waals surface area contributed by atoms with Crippen LogP contribution in [0.5, 0.6) is 0 Å². The number of rotatable bonds is 4. The summed E-state index contributed by atoms with van der Waals surface area (Å²) in [5.74, 6) is 0.859. The van der Waals surface area contributed by atoms with Crippen LogP contribution < -0.4 is 0 Å². The second-order valence-corrected chi connectivity index (χ2v) is 7.95. The number of carbonyl (C=O) groups is 1. The Kier molecular flexibility index (Phi) is 4.77. The molecule has 144 valence electrons. The third kappa shape index (κ3) is 3.63. The van der Waals surface area contributed by atoms with Crippen molar-refractivity contribution < 1.29 is 9.21 Å². The molecule has 1 aliphatic rings. The number of fused-ring (bicyclic) bond motifs is 2. The Morgan fingerprint density at radius 2 is 1.76 bits per heavy atom. The Bertz CT molecular complexity index is 1180. The predicted molar refractivity (Wildman–Crippen MR) is 114 cm³/mol. The summed E-state index contributed by atoms with van der Waals surface area (Å²) < 4.78 is 5.84. The van der Waals surface area contributed by atoms with Crippen LogP contribution in [-0.4, -0.2) is 33.3 Å². The minimum atomic E-state index is 0.0920. The highest BCUT2D eigenvalue weighted by Crippen LogP contribution is 2.29. The molecule has 1 aromatic heterocycles. The van der Waals surface area contributed by atoms with Gasteiger partial charge in [0.25, 0.3) is 5.22 Å². The molecule has 0 fully saturated rings. The zero-order valence-corrected chi connectivity index (χ0v) is 16.6. The summed E-state index contributed by atoms with van der Waals surface area (Å²) in [6.45, 7) is 1.42. The first kappa shape index (κ1) is 17.9. The fraction of sp³-hybridized carbons (Fsp3) is 0.174. The third-order valence-corrected chi connectivity index (χ3v) is 6.03. The van der Waals surface area contributed by atoms with E-state index in [4.69, 9.17) is 4.42 Å². The summed E-state index contributed by atoms with van der Waals surface area (Å²) in [6, 6.07) is 22.4. The van der Waals surface area contributed by atoms with E-state index in [2.05, 4.69) is 40.5 Å². The predicted octanol–water partition coefficient (Wildman–Crippen LogP) is 4.57. The molecule has 2 heterocycles. The van der Waals surface area contributed by atoms with E-state index in [-0.39, 0.29) is 5.91 Å². The van der Waals surface area contributed by atoms with Gasteiger partial charge in [0, 0.05) is 18.7 Å². The second-order valence-electron chi connectivity index (χ2n) is 7.02. The molecular weight excluding hydrogens is 382 g/mol. The molecule has 0 N–H and O–H groups in total. The summed E-state index contributed by atoms with van der Waals surface area (Å²) >= 11 is 1.29. The lowest BCUT2D eigenvalue weighted by Crippen LogP contribution is -2.37. The van der Waals surface area contributed by atoms with Crippen molar-refractivity contribution in [2.45, 2.75) is 18.2 Å². The largest absolute Gasteiger partial charge is 0.411 e. The second kappa shape index (κ2) is 7.72. The van der Waals surface area contributed by atoms with Crippen molar-refractivity contribution in [3.63, 3.8) is 0 Å². The van der Waals surface area contributed by atoms with Gasteiger partial charge >= 0.3 is 0 Å². The van der Waals surface area contributed by atoms with Crippen LogP contribution in [-0.2, 0) is 17.8 Å². The Balaban J connectivity index is 1.27. The molecule has 0 bridgehead atoms. The molecule has 4 aromatic rings. The van der Waals surface area contributed by atoms with E-state index in [9.17, 15) is 4.79 Å². The summed E-state index contributed by atoms with van der Waals surface area (Å²) in [5, 5.41) is 10.9. The van der Waals surface area contributed by atoms with E-state index in [0.717, 1.165) is 29.3 Å².